The Kier molecular flexibility index (Phi) is 4.62. The number of rotatable bonds is 5. The molecular formula is C24H20FN3O7. The number of carbonyl (C=O) groups excluding carboxylic acids is 3. The smallest absolute Gasteiger partial charge is 0.303 e. The summed E-state index contributed by atoms with van der Waals surface area (Å²) in [7, 11) is 0. The zero-order valence-corrected chi connectivity index (χ0v) is 18.2. The van der Waals surface area contributed by atoms with Crippen LogP contribution in [0.1, 0.15) is 24.0 Å². The van der Waals surface area contributed by atoms with Gasteiger partial charge in [0.2, 0.25) is 24.5 Å². The van der Waals surface area contributed by atoms with E-state index in [0.29, 0.717) is 22.7 Å². The summed E-state index contributed by atoms with van der Waals surface area (Å²) in [5.41, 5.74) is -0.471. The highest BCUT2D eigenvalue weighted by atomic mass is 19.1. The lowest BCUT2D eigenvalue weighted by atomic mass is 9.76. The summed E-state index contributed by atoms with van der Waals surface area (Å²) in [5, 5.41) is 15.0. The van der Waals surface area contributed by atoms with Crippen LogP contribution < -0.4 is 20.1 Å². The maximum Gasteiger partial charge on any atom is 0.303 e. The summed E-state index contributed by atoms with van der Waals surface area (Å²) in [4.78, 5) is 53.0. The molecule has 4 unspecified atom stereocenters. The van der Waals surface area contributed by atoms with E-state index in [-0.39, 0.29) is 31.7 Å². The number of benzene rings is 2. The van der Waals surface area contributed by atoms with Gasteiger partial charge in [0.1, 0.15) is 11.4 Å². The highest BCUT2D eigenvalue weighted by molar-refractivity contribution is 6.15. The number of halogens is 1. The topological polar surface area (TPSA) is 134 Å². The summed E-state index contributed by atoms with van der Waals surface area (Å²) >= 11 is 0. The van der Waals surface area contributed by atoms with Crippen molar-refractivity contribution in [3.05, 3.63) is 53.3 Å². The molecule has 2 saturated heterocycles. The van der Waals surface area contributed by atoms with Gasteiger partial charge in [0.05, 0.1) is 18.4 Å². The van der Waals surface area contributed by atoms with Gasteiger partial charge in [-0.05, 0) is 42.3 Å². The highest BCUT2D eigenvalue weighted by Gasteiger charge is 2.70. The first-order chi connectivity index (χ1) is 16.8. The lowest BCUT2D eigenvalue weighted by molar-refractivity contribution is -0.144. The Morgan fingerprint density at radius 1 is 1.11 bits per heavy atom. The van der Waals surface area contributed by atoms with Crippen molar-refractivity contribution in [3.8, 4) is 11.5 Å². The fraction of sp³-hybridized carbons (Fsp3) is 0.333. The predicted octanol–water partition coefficient (Wildman–Crippen LogP) is 1.34. The van der Waals surface area contributed by atoms with Gasteiger partial charge in [-0.2, -0.15) is 0 Å². The van der Waals surface area contributed by atoms with Crippen LogP contribution in [0.3, 0.4) is 0 Å². The van der Waals surface area contributed by atoms with E-state index in [1.165, 1.54) is 18.2 Å². The minimum absolute atomic E-state index is 0.0209. The number of fused-ring (bicyclic) bond motifs is 5. The summed E-state index contributed by atoms with van der Waals surface area (Å²) in [5.74, 6) is -4.38. The predicted molar refractivity (Wildman–Crippen MR) is 116 cm³/mol. The number of hydrogen-bond donors (Lipinski definition) is 3. The van der Waals surface area contributed by atoms with Crippen LogP contribution in [-0.4, -0.2) is 46.5 Å². The second kappa shape index (κ2) is 7.51. The number of hydrogen-bond acceptors (Lipinski definition) is 7. The number of amides is 3. The lowest BCUT2D eigenvalue weighted by Crippen LogP contribution is -2.53. The van der Waals surface area contributed by atoms with Crippen molar-refractivity contribution in [2.24, 2.45) is 11.8 Å². The molecule has 4 aliphatic rings. The van der Waals surface area contributed by atoms with E-state index in [1.54, 1.807) is 18.2 Å². The summed E-state index contributed by atoms with van der Waals surface area (Å²) in [6.07, 6.45) is -0.245. The Balaban J connectivity index is 1.40. The van der Waals surface area contributed by atoms with Gasteiger partial charge in [-0.1, -0.05) is 6.07 Å². The molecule has 6 rings (SSSR count). The minimum atomic E-state index is -1.68. The number of imide groups is 1. The van der Waals surface area contributed by atoms with Crippen molar-refractivity contribution >= 4 is 29.4 Å². The Morgan fingerprint density at radius 2 is 1.91 bits per heavy atom. The molecule has 4 aliphatic heterocycles. The van der Waals surface area contributed by atoms with Gasteiger partial charge < -0.3 is 19.9 Å². The average Bonchev–Trinajstić information content (AvgIpc) is 3.55. The van der Waals surface area contributed by atoms with Crippen LogP contribution >= 0.6 is 0 Å². The monoisotopic (exact) mass is 481 g/mol. The Bertz CT molecular complexity index is 1310. The minimum Gasteiger partial charge on any atom is -0.481 e. The molecule has 4 heterocycles. The zero-order chi connectivity index (χ0) is 24.5. The van der Waals surface area contributed by atoms with Gasteiger partial charge in [-0.25, -0.2) is 4.39 Å². The van der Waals surface area contributed by atoms with E-state index in [9.17, 15) is 28.7 Å². The SMILES string of the molecule is O=C(O)CCC1NC2(C(=O)Nc3ccc(F)cc32)C2C(=O)N(Cc3ccc4c(c3)OCO4)C(=O)C12. The molecule has 180 valence electrons. The molecule has 2 fully saturated rings. The normalized spacial score (nSPS) is 28.0. The Labute approximate surface area is 198 Å². The quantitative estimate of drug-likeness (QED) is 0.545. The van der Waals surface area contributed by atoms with Crippen molar-refractivity contribution in [1.82, 2.24) is 10.2 Å². The van der Waals surface area contributed by atoms with Crippen LogP contribution in [0.15, 0.2) is 36.4 Å². The molecule has 10 nitrogen and oxygen atoms in total. The van der Waals surface area contributed by atoms with Crippen molar-refractivity contribution in [2.75, 3.05) is 12.1 Å². The number of nitrogens with zero attached hydrogens (tertiary/aromatic N) is 1. The van der Waals surface area contributed by atoms with Crippen LogP contribution in [0.25, 0.3) is 0 Å². The molecule has 3 amide bonds. The summed E-state index contributed by atoms with van der Waals surface area (Å²) in [6.45, 7) is 0.0235. The number of carbonyl (C=O) groups is 4. The Hall–Kier alpha value is -3.99. The van der Waals surface area contributed by atoms with Crippen molar-refractivity contribution in [1.29, 1.82) is 0 Å². The largest absolute Gasteiger partial charge is 0.481 e. The van der Waals surface area contributed by atoms with E-state index in [1.807, 2.05) is 0 Å². The first kappa shape index (κ1) is 21.5. The highest BCUT2D eigenvalue weighted by Crippen LogP contribution is 2.53. The molecule has 35 heavy (non-hydrogen) atoms. The number of likely N-dealkylation sites (tertiary alicyclic amines) is 1. The molecule has 2 aromatic rings. The van der Waals surface area contributed by atoms with Crippen molar-refractivity contribution in [3.63, 3.8) is 0 Å². The second-order valence-electron chi connectivity index (χ2n) is 9.09. The third-order valence-corrected chi connectivity index (χ3v) is 7.22. The molecule has 0 aliphatic carbocycles. The average molecular weight is 481 g/mol. The number of ether oxygens (including phenoxy) is 2. The number of carboxylic acids is 1. The van der Waals surface area contributed by atoms with Crippen LogP contribution in [0.2, 0.25) is 0 Å². The van der Waals surface area contributed by atoms with Gasteiger partial charge in [0.25, 0.3) is 0 Å². The van der Waals surface area contributed by atoms with E-state index in [4.69, 9.17) is 9.47 Å². The van der Waals surface area contributed by atoms with Gasteiger partial charge in [-0.3, -0.25) is 29.4 Å². The van der Waals surface area contributed by atoms with Crippen molar-refractivity contribution < 1.29 is 38.1 Å². The maximum absolute atomic E-state index is 14.2. The molecule has 11 heteroatoms. The first-order valence-corrected chi connectivity index (χ1v) is 11.1. The maximum atomic E-state index is 14.2. The first-order valence-electron chi connectivity index (χ1n) is 11.1. The van der Waals surface area contributed by atoms with E-state index in [0.717, 1.165) is 4.90 Å². The van der Waals surface area contributed by atoms with Crippen LogP contribution in [0, 0.1) is 17.7 Å². The summed E-state index contributed by atoms with van der Waals surface area (Å²) < 4.78 is 24.9. The number of anilines is 1. The van der Waals surface area contributed by atoms with E-state index >= 15 is 0 Å². The van der Waals surface area contributed by atoms with Gasteiger partial charge >= 0.3 is 5.97 Å². The molecule has 4 atom stereocenters. The zero-order valence-electron chi connectivity index (χ0n) is 18.2. The third kappa shape index (κ3) is 3.04. The van der Waals surface area contributed by atoms with Crippen LogP contribution in [0.5, 0.6) is 11.5 Å². The number of aliphatic carboxylic acids is 1. The van der Waals surface area contributed by atoms with E-state index < -0.39 is 52.9 Å². The molecule has 0 aromatic heterocycles. The lowest BCUT2D eigenvalue weighted by Gasteiger charge is -2.29. The van der Waals surface area contributed by atoms with Crippen molar-refractivity contribution in [2.45, 2.75) is 31.0 Å². The second-order valence-corrected chi connectivity index (χ2v) is 9.09. The molecule has 3 N–H and O–H groups in total. The molecular weight excluding hydrogens is 461 g/mol. The molecule has 0 saturated carbocycles. The van der Waals surface area contributed by atoms with Crippen LogP contribution in [-0.2, 0) is 31.3 Å². The molecule has 0 bridgehead atoms. The number of carboxylic acid groups (broad SMARTS) is 1. The molecule has 0 radical (unpaired) electrons. The van der Waals surface area contributed by atoms with E-state index in [2.05, 4.69) is 10.6 Å². The fourth-order valence-electron chi connectivity index (χ4n) is 5.74. The fourth-order valence-corrected chi connectivity index (χ4v) is 5.74. The summed E-state index contributed by atoms with van der Waals surface area (Å²) in [6, 6.07) is 8.09. The van der Waals surface area contributed by atoms with Gasteiger partial charge in [0.15, 0.2) is 11.5 Å². The van der Waals surface area contributed by atoms with Gasteiger partial charge in [-0.15, -0.1) is 0 Å². The Morgan fingerprint density at radius 3 is 2.71 bits per heavy atom. The standard InChI is InChI=1S/C24H20FN3O7/c25-12-2-3-14-13(8-12)24(23(33)26-14)20-19(15(27-24)4-6-18(29)30)21(31)28(22(20)32)9-11-1-5-16-17(7-11)35-10-34-16/h1-3,5,7-8,15,19-20,27H,4,6,9-10H2,(H,26,33)(H,29,30). The number of nitrogens with one attached hydrogen (secondary N) is 2. The molecule has 1 spiro atoms. The van der Waals surface area contributed by atoms with Gasteiger partial charge in [0, 0.05) is 23.7 Å². The third-order valence-electron chi connectivity index (χ3n) is 7.22. The molecule has 2 aromatic carbocycles. The van der Waals surface area contributed by atoms with Crippen LogP contribution in [0.4, 0.5) is 10.1 Å².